The van der Waals surface area contributed by atoms with Gasteiger partial charge >= 0.3 is 5.63 Å². The summed E-state index contributed by atoms with van der Waals surface area (Å²) < 4.78 is 18.1. The zero-order valence-corrected chi connectivity index (χ0v) is 19.3. The second-order valence-corrected chi connectivity index (χ2v) is 9.45. The van der Waals surface area contributed by atoms with Crippen molar-refractivity contribution in [3.05, 3.63) is 104 Å². The highest BCUT2D eigenvalue weighted by molar-refractivity contribution is 5.86. The molecule has 2 atom stereocenters. The van der Waals surface area contributed by atoms with Crippen LogP contribution in [-0.4, -0.2) is 12.0 Å². The number of nitro groups is 1. The van der Waals surface area contributed by atoms with E-state index in [2.05, 4.69) is 5.32 Å². The summed E-state index contributed by atoms with van der Waals surface area (Å²) in [4.78, 5) is 24.3. The molecule has 8 nitrogen and oxygen atoms in total. The first-order chi connectivity index (χ1) is 16.8. The maximum atomic E-state index is 13.4. The van der Waals surface area contributed by atoms with Crippen LogP contribution >= 0.6 is 0 Å². The first-order valence-corrected chi connectivity index (χ1v) is 11.2. The number of nitrogens with zero attached hydrogens (tertiary/aromatic N) is 1. The van der Waals surface area contributed by atoms with E-state index < -0.39 is 27.6 Å². The number of anilines is 1. The Morgan fingerprint density at radius 1 is 1.06 bits per heavy atom. The van der Waals surface area contributed by atoms with Gasteiger partial charge in [-0.3, -0.25) is 10.1 Å². The van der Waals surface area contributed by atoms with Gasteiger partial charge in [0.1, 0.15) is 17.1 Å². The SMILES string of the molecule is COc1ccc2c(c1)[C@@H]1c3c(c4ccccc4oc3=O)O[C@](c3ccc([N+](=O)[O-])cc3)(N2)C1(C)C. The molecule has 1 N–H and O–H groups in total. The monoisotopic (exact) mass is 470 g/mol. The van der Waals surface area contributed by atoms with E-state index in [1.54, 1.807) is 31.4 Å². The zero-order valence-electron chi connectivity index (χ0n) is 19.3. The molecule has 176 valence electrons. The van der Waals surface area contributed by atoms with Crippen molar-refractivity contribution in [2.24, 2.45) is 5.41 Å². The van der Waals surface area contributed by atoms with Crippen LogP contribution in [0.3, 0.4) is 0 Å². The highest BCUT2D eigenvalue weighted by atomic mass is 16.6. The number of nitrogens with one attached hydrogen (secondary N) is 1. The van der Waals surface area contributed by atoms with Crippen LogP contribution < -0.4 is 20.4 Å². The third kappa shape index (κ3) is 2.76. The average molecular weight is 470 g/mol. The Morgan fingerprint density at radius 3 is 2.51 bits per heavy atom. The van der Waals surface area contributed by atoms with Crippen molar-refractivity contribution in [2.75, 3.05) is 12.4 Å². The van der Waals surface area contributed by atoms with Crippen molar-refractivity contribution >= 4 is 22.3 Å². The summed E-state index contributed by atoms with van der Waals surface area (Å²) in [5, 5.41) is 15.6. The molecule has 0 spiro atoms. The first-order valence-electron chi connectivity index (χ1n) is 11.2. The minimum atomic E-state index is -1.13. The minimum Gasteiger partial charge on any atom is -0.497 e. The van der Waals surface area contributed by atoms with Crippen molar-refractivity contribution < 1.29 is 18.8 Å². The molecule has 4 aromatic rings. The highest BCUT2D eigenvalue weighted by Gasteiger charge is 2.62. The third-order valence-corrected chi connectivity index (χ3v) is 7.34. The number of nitro benzene ring substituents is 1. The van der Waals surface area contributed by atoms with Gasteiger partial charge in [0.25, 0.3) is 5.69 Å². The van der Waals surface area contributed by atoms with Crippen LogP contribution in [0.5, 0.6) is 11.5 Å². The number of methoxy groups -OCH3 is 1. The van der Waals surface area contributed by atoms with Gasteiger partial charge in [0.2, 0.25) is 5.72 Å². The molecule has 6 rings (SSSR count). The van der Waals surface area contributed by atoms with E-state index in [0.717, 1.165) is 11.3 Å². The Bertz CT molecular complexity index is 1570. The summed E-state index contributed by atoms with van der Waals surface area (Å²) in [6.07, 6.45) is 0. The molecule has 3 aromatic carbocycles. The summed E-state index contributed by atoms with van der Waals surface area (Å²) in [5.74, 6) is 0.705. The van der Waals surface area contributed by atoms with Crippen LogP contribution in [0.1, 0.15) is 36.5 Å². The standard InChI is InChI=1S/C27H22N2O6/c1-26(2)23-19-14-17(33-3)12-13-20(19)28-27(26,15-8-10-16(11-9-15)29(31)32)35-24-18-6-4-5-7-21(18)34-25(30)22(23)24/h4-14,23,28H,1-3H3/t23-,27+/m1/s1. The average Bonchev–Trinajstić information content (AvgIpc) is 2.84. The van der Waals surface area contributed by atoms with Gasteiger partial charge in [0.05, 0.1) is 23.0 Å². The molecule has 0 saturated carbocycles. The Balaban J connectivity index is 1.71. The maximum Gasteiger partial charge on any atom is 0.343 e. The number of hydrogen-bond acceptors (Lipinski definition) is 7. The van der Waals surface area contributed by atoms with Gasteiger partial charge in [-0.05, 0) is 48.0 Å². The summed E-state index contributed by atoms with van der Waals surface area (Å²) in [7, 11) is 1.60. The molecule has 0 radical (unpaired) electrons. The molecule has 0 aliphatic carbocycles. The molecule has 2 bridgehead atoms. The molecule has 2 aliphatic rings. The van der Waals surface area contributed by atoms with Gasteiger partial charge in [-0.25, -0.2) is 4.79 Å². The first kappa shape index (κ1) is 21.2. The molecule has 0 fully saturated rings. The van der Waals surface area contributed by atoms with E-state index in [1.807, 2.05) is 44.2 Å². The number of para-hydroxylation sites is 1. The maximum absolute atomic E-state index is 13.4. The number of ether oxygens (including phenoxy) is 2. The van der Waals surface area contributed by atoms with Crippen LogP contribution in [0.15, 0.2) is 75.9 Å². The molecule has 35 heavy (non-hydrogen) atoms. The second-order valence-electron chi connectivity index (χ2n) is 9.45. The van der Waals surface area contributed by atoms with Crippen LogP contribution in [0.2, 0.25) is 0 Å². The molecule has 0 amide bonds. The van der Waals surface area contributed by atoms with Gasteiger partial charge < -0.3 is 19.2 Å². The van der Waals surface area contributed by atoms with E-state index in [1.165, 1.54) is 12.1 Å². The molecule has 0 unspecified atom stereocenters. The molecule has 1 aromatic heterocycles. The largest absolute Gasteiger partial charge is 0.497 e. The molecule has 8 heteroatoms. The smallest absolute Gasteiger partial charge is 0.343 e. The van der Waals surface area contributed by atoms with E-state index >= 15 is 0 Å². The van der Waals surface area contributed by atoms with Crippen molar-refractivity contribution in [1.29, 1.82) is 0 Å². The molecule has 0 saturated heterocycles. The Labute approximate surface area is 200 Å². The van der Waals surface area contributed by atoms with Gasteiger partial charge in [0, 0.05) is 34.7 Å². The second kappa shape index (κ2) is 7.09. The van der Waals surface area contributed by atoms with E-state index in [4.69, 9.17) is 13.9 Å². The lowest BCUT2D eigenvalue weighted by atomic mass is 9.59. The van der Waals surface area contributed by atoms with Crippen molar-refractivity contribution in [3.63, 3.8) is 0 Å². The lowest BCUT2D eigenvalue weighted by Gasteiger charge is -2.57. The molecular formula is C27H22N2O6. The quantitative estimate of drug-likeness (QED) is 0.238. The topological polar surface area (TPSA) is 104 Å². The van der Waals surface area contributed by atoms with Crippen LogP contribution in [0.4, 0.5) is 11.4 Å². The summed E-state index contributed by atoms with van der Waals surface area (Å²) in [6, 6.07) is 19.3. The molecular weight excluding hydrogens is 448 g/mol. The van der Waals surface area contributed by atoms with Crippen molar-refractivity contribution in [3.8, 4) is 11.5 Å². The normalized spacial score (nSPS) is 21.3. The fourth-order valence-corrected chi connectivity index (χ4v) is 5.61. The van der Waals surface area contributed by atoms with Crippen LogP contribution in [-0.2, 0) is 5.72 Å². The van der Waals surface area contributed by atoms with Gasteiger partial charge in [-0.1, -0.05) is 26.0 Å². The van der Waals surface area contributed by atoms with Gasteiger partial charge in [-0.15, -0.1) is 0 Å². The van der Waals surface area contributed by atoms with Gasteiger partial charge in [-0.2, -0.15) is 0 Å². The third-order valence-electron chi connectivity index (χ3n) is 7.34. The number of non-ortho nitro benzene ring substituents is 1. The fourth-order valence-electron chi connectivity index (χ4n) is 5.61. The molecule has 2 aliphatic heterocycles. The van der Waals surface area contributed by atoms with E-state index in [-0.39, 0.29) is 5.69 Å². The van der Waals surface area contributed by atoms with E-state index in [9.17, 15) is 14.9 Å². The Hall–Kier alpha value is -4.33. The number of fused-ring (bicyclic) bond motifs is 8. The van der Waals surface area contributed by atoms with E-state index in [0.29, 0.717) is 33.6 Å². The van der Waals surface area contributed by atoms with Crippen molar-refractivity contribution in [2.45, 2.75) is 25.5 Å². The minimum absolute atomic E-state index is 0.0113. The fraction of sp³-hybridized carbons (Fsp3) is 0.222. The zero-order chi connectivity index (χ0) is 24.5. The Morgan fingerprint density at radius 2 is 1.80 bits per heavy atom. The predicted octanol–water partition coefficient (Wildman–Crippen LogP) is 5.54. The summed E-state index contributed by atoms with van der Waals surface area (Å²) in [5.41, 5.74) is 0.951. The number of benzene rings is 3. The molecule has 3 heterocycles. The van der Waals surface area contributed by atoms with Gasteiger partial charge in [0.15, 0.2) is 0 Å². The van der Waals surface area contributed by atoms with Crippen LogP contribution in [0.25, 0.3) is 11.0 Å². The predicted molar refractivity (Wildman–Crippen MR) is 130 cm³/mol. The Kier molecular flexibility index (Phi) is 4.30. The summed E-state index contributed by atoms with van der Waals surface area (Å²) in [6.45, 7) is 4.04. The lowest BCUT2D eigenvalue weighted by molar-refractivity contribution is -0.384. The highest BCUT2D eigenvalue weighted by Crippen LogP contribution is 2.63. The van der Waals surface area contributed by atoms with Crippen molar-refractivity contribution in [1.82, 2.24) is 0 Å². The summed E-state index contributed by atoms with van der Waals surface area (Å²) >= 11 is 0. The lowest BCUT2D eigenvalue weighted by Crippen LogP contribution is -2.61. The number of rotatable bonds is 3. The number of hydrogen-bond donors (Lipinski definition) is 1. The van der Waals surface area contributed by atoms with Crippen LogP contribution in [0, 0.1) is 15.5 Å².